The number of carbonyl (C=O) groups excluding carboxylic acids is 2. The lowest BCUT2D eigenvalue weighted by Crippen LogP contribution is -2.49. The third kappa shape index (κ3) is 2.72. The van der Waals surface area contributed by atoms with Gasteiger partial charge in [0.25, 0.3) is 5.91 Å². The van der Waals surface area contributed by atoms with Gasteiger partial charge in [0.1, 0.15) is 0 Å². The summed E-state index contributed by atoms with van der Waals surface area (Å²) in [7, 11) is 0. The van der Waals surface area contributed by atoms with Crippen molar-refractivity contribution in [3.8, 4) is 0 Å². The first-order chi connectivity index (χ1) is 14.5. The van der Waals surface area contributed by atoms with Crippen LogP contribution in [0.2, 0.25) is 5.02 Å². The molecule has 2 atom stereocenters. The summed E-state index contributed by atoms with van der Waals surface area (Å²) in [5, 5.41) is 12.4. The number of ketones is 1. The molecule has 0 fully saturated rings. The van der Waals surface area contributed by atoms with E-state index >= 15 is 0 Å². The zero-order chi connectivity index (χ0) is 20.9. The maximum absolute atomic E-state index is 13.6. The number of hydrogen-bond donors (Lipinski definition) is 1. The van der Waals surface area contributed by atoms with Gasteiger partial charge in [-0.15, -0.1) is 0 Å². The second kappa shape index (κ2) is 7.08. The first kappa shape index (κ1) is 19.0. The number of hydrogen-bond acceptors (Lipinski definition) is 3. The van der Waals surface area contributed by atoms with Crippen LogP contribution in [0.5, 0.6) is 0 Å². The van der Waals surface area contributed by atoms with Crippen molar-refractivity contribution in [2.45, 2.75) is 25.0 Å². The van der Waals surface area contributed by atoms with Crippen molar-refractivity contribution in [2.24, 2.45) is 5.92 Å². The molecule has 0 spiro atoms. The maximum atomic E-state index is 13.6. The van der Waals surface area contributed by atoms with Gasteiger partial charge in [0.15, 0.2) is 11.4 Å². The van der Waals surface area contributed by atoms with Crippen LogP contribution in [0.25, 0.3) is 0 Å². The first-order valence-electron chi connectivity index (χ1n) is 10.0. The molecule has 150 valence electrons. The molecule has 2 aliphatic rings. The average Bonchev–Trinajstić information content (AvgIpc) is 2.98. The van der Waals surface area contributed by atoms with E-state index in [1.807, 2.05) is 48.5 Å². The van der Waals surface area contributed by atoms with Gasteiger partial charge < -0.3 is 10.0 Å². The highest BCUT2D eigenvalue weighted by Gasteiger charge is 2.57. The van der Waals surface area contributed by atoms with E-state index in [9.17, 15) is 14.7 Å². The van der Waals surface area contributed by atoms with Crippen LogP contribution in [0.1, 0.15) is 33.5 Å². The Bertz CT molecular complexity index is 1170. The van der Waals surface area contributed by atoms with E-state index in [0.29, 0.717) is 34.7 Å². The summed E-state index contributed by atoms with van der Waals surface area (Å²) < 4.78 is 0. The van der Waals surface area contributed by atoms with Crippen LogP contribution < -0.4 is 4.90 Å². The monoisotopic (exact) mass is 417 g/mol. The number of Topliss-reactive ketones (excluding diaryl/α,β-unsaturated/α-hetero) is 1. The largest absolute Gasteiger partial charge is 0.375 e. The summed E-state index contributed by atoms with van der Waals surface area (Å²) in [6.45, 7) is 0.231. The Morgan fingerprint density at radius 2 is 1.67 bits per heavy atom. The summed E-state index contributed by atoms with van der Waals surface area (Å²) in [5.74, 6) is -1.47. The van der Waals surface area contributed by atoms with Crippen LogP contribution in [0.4, 0.5) is 5.69 Å². The van der Waals surface area contributed by atoms with Crippen molar-refractivity contribution in [3.63, 3.8) is 0 Å². The number of nitrogens with zero attached hydrogens (tertiary/aromatic N) is 1. The SMILES string of the molecule is O=C1c2ccccc2CC[C@H]1[C@@]1(O)C(=O)N(Cc2ccccc2Cl)c2ccccc21. The molecule has 1 aliphatic heterocycles. The molecule has 0 bridgehead atoms. The molecule has 3 aromatic rings. The highest BCUT2D eigenvalue weighted by Crippen LogP contribution is 2.48. The summed E-state index contributed by atoms with van der Waals surface area (Å²) >= 11 is 6.32. The number of rotatable bonds is 3. The molecule has 0 saturated carbocycles. The molecule has 0 saturated heterocycles. The lowest BCUT2D eigenvalue weighted by atomic mass is 9.71. The fourth-order valence-electron chi connectivity index (χ4n) is 4.75. The Morgan fingerprint density at radius 3 is 2.50 bits per heavy atom. The van der Waals surface area contributed by atoms with Crippen LogP contribution in [0.3, 0.4) is 0 Å². The van der Waals surface area contributed by atoms with Crippen molar-refractivity contribution in [1.82, 2.24) is 0 Å². The number of carbonyl (C=O) groups is 2. The van der Waals surface area contributed by atoms with Gasteiger partial charge >= 0.3 is 0 Å². The van der Waals surface area contributed by atoms with E-state index in [4.69, 9.17) is 11.6 Å². The van der Waals surface area contributed by atoms with Crippen LogP contribution in [0.15, 0.2) is 72.8 Å². The summed E-state index contributed by atoms with van der Waals surface area (Å²) in [6, 6.07) is 21.9. The summed E-state index contributed by atoms with van der Waals surface area (Å²) in [6.07, 6.45) is 1.07. The van der Waals surface area contributed by atoms with Crippen molar-refractivity contribution in [3.05, 3.63) is 100 Å². The molecule has 5 heteroatoms. The lowest BCUT2D eigenvalue weighted by molar-refractivity contribution is -0.140. The Morgan fingerprint density at radius 1 is 0.967 bits per heavy atom. The predicted molar refractivity (Wildman–Crippen MR) is 116 cm³/mol. The molecule has 1 N–H and O–H groups in total. The van der Waals surface area contributed by atoms with E-state index in [0.717, 1.165) is 11.1 Å². The Balaban J connectivity index is 1.58. The minimum absolute atomic E-state index is 0.179. The lowest BCUT2D eigenvalue weighted by Gasteiger charge is -2.34. The van der Waals surface area contributed by atoms with Gasteiger partial charge in [0.2, 0.25) is 0 Å². The molecule has 1 aliphatic carbocycles. The highest BCUT2D eigenvalue weighted by molar-refractivity contribution is 6.31. The van der Waals surface area contributed by atoms with Crippen molar-refractivity contribution in [2.75, 3.05) is 4.90 Å². The number of fused-ring (bicyclic) bond motifs is 2. The molecular formula is C25H20ClNO3. The fraction of sp³-hybridized carbons (Fsp3) is 0.200. The van der Waals surface area contributed by atoms with Gasteiger partial charge in [-0.05, 0) is 36.1 Å². The zero-order valence-electron chi connectivity index (χ0n) is 16.2. The van der Waals surface area contributed by atoms with Gasteiger partial charge in [-0.25, -0.2) is 0 Å². The number of para-hydroxylation sites is 1. The van der Waals surface area contributed by atoms with Crippen LogP contribution in [0, 0.1) is 5.92 Å². The molecule has 30 heavy (non-hydrogen) atoms. The third-order valence-corrected chi connectivity index (χ3v) is 6.64. The molecule has 1 amide bonds. The minimum Gasteiger partial charge on any atom is -0.375 e. The van der Waals surface area contributed by atoms with Crippen molar-refractivity contribution in [1.29, 1.82) is 0 Å². The number of anilines is 1. The molecule has 0 unspecified atom stereocenters. The topological polar surface area (TPSA) is 57.6 Å². The van der Waals surface area contributed by atoms with Crippen LogP contribution in [-0.2, 0) is 23.4 Å². The maximum Gasteiger partial charge on any atom is 0.264 e. The van der Waals surface area contributed by atoms with E-state index < -0.39 is 17.4 Å². The quantitative estimate of drug-likeness (QED) is 0.681. The number of halogens is 1. The standard InChI is InChI=1S/C25H20ClNO3/c26-21-11-5-2-8-17(21)15-27-22-12-6-4-10-19(22)25(30,24(27)29)20-14-13-16-7-1-3-9-18(16)23(20)28/h1-12,20,30H,13-15H2/t20-,25-/m1/s1. The number of benzene rings is 3. The fourth-order valence-corrected chi connectivity index (χ4v) is 4.94. The molecular weight excluding hydrogens is 398 g/mol. The predicted octanol–water partition coefficient (Wildman–Crippen LogP) is 4.52. The second-order valence-electron chi connectivity index (χ2n) is 7.88. The van der Waals surface area contributed by atoms with E-state index in [1.165, 1.54) is 0 Å². The minimum atomic E-state index is -1.89. The molecule has 1 heterocycles. The molecule has 4 nitrogen and oxygen atoms in total. The van der Waals surface area contributed by atoms with E-state index in [1.54, 1.807) is 29.2 Å². The van der Waals surface area contributed by atoms with Crippen LogP contribution in [-0.4, -0.2) is 16.8 Å². The zero-order valence-corrected chi connectivity index (χ0v) is 17.0. The third-order valence-electron chi connectivity index (χ3n) is 6.27. The van der Waals surface area contributed by atoms with Gasteiger partial charge in [0, 0.05) is 16.1 Å². The van der Waals surface area contributed by atoms with E-state index in [-0.39, 0.29) is 12.3 Å². The van der Waals surface area contributed by atoms with Crippen LogP contribution >= 0.6 is 11.6 Å². The number of aryl methyl sites for hydroxylation is 1. The van der Waals surface area contributed by atoms with Gasteiger partial charge in [-0.2, -0.15) is 0 Å². The summed E-state index contributed by atoms with van der Waals surface area (Å²) in [4.78, 5) is 28.5. The number of amides is 1. The van der Waals surface area contributed by atoms with Gasteiger partial charge in [0.05, 0.1) is 18.2 Å². The van der Waals surface area contributed by atoms with Gasteiger partial charge in [-0.1, -0.05) is 72.3 Å². The highest BCUT2D eigenvalue weighted by atomic mass is 35.5. The smallest absolute Gasteiger partial charge is 0.264 e. The Labute approximate surface area is 179 Å². The number of aliphatic hydroxyl groups is 1. The van der Waals surface area contributed by atoms with E-state index in [2.05, 4.69) is 0 Å². The molecule has 3 aromatic carbocycles. The second-order valence-corrected chi connectivity index (χ2v) is 8.29. The summed E-state index contributed by atoms with van der Waals surface area (Å²) in [5.41, 5.74) is 1.57. The molecule has 0 radical (unpaired) electrons. The normalized spacial score (nSPS) is 22.7. The molecule has 0 aromatic heterocycles. The Kier molecular flexibility index (Phi) is 4.49. The Hall–Kier alpha value is -2.95. The van der Waals surface area contributed by atoms with Crippen molar-refractivity contribution < 1.29 is 14.7 Å². The van der Waals surface area contributed by atoms with Crippen molar-refractivity contribution >= 4 is 29.0 Å². The average molecular weight is 418 g/mol. The van der Waals surface area contributed by atoms with Gasteiger partial charge in [-0.3, -0.25) is 9.59 Å². The molecule has 5 rings (SSSR count). The first-order valence-corrected chi connectivity index (χ1v) is 10.4.